The third-order valence-corrected chi connectivity index (χ3v) is 7.41. The Morgan fingerprint density at radius 1 is 0.791 bits per heavy atom. The zero-order valence-electron chi connectivity index (χ0n) is 23.3. The Labute approximate surface area is 254 Å². The lowest BCUT2D eigenvalue weighted by Crippen LogP contribution is -2.39. The Kier molecular flexibility index (Phi) is 9.59. The Balaban J connectivity index is 1.06. The van der Waals surface area contributed by atoms with Crippen molar-refractivity contribution in [3.05, 3.63) is 119 Å². The number of benzene rings is 4. The molecule has 1 aliphatic carbocycles. The van der Waals surface area contributed by atoms with Gasteiger partial charge in [0.2, 0.25) is 5.91 Å². The maximum atomic E-state index is 12.5. The van der Waals surface area contributed by atoms with Gasteiger partial charge in [0.05, 0.1) is 23.8 Å². The first-order valence-corrected chi connectivity index (χ1v) is 14.4. The normalized spacial score (nSPS) is 16.1. The van der Waals surface area contributed by atoms with E-state index in [1.165, 1.54) is 6.07 Å². The summed E-state index contributed by atoms with van der Waals surface area (Å²) < 4.78 is 12.1. The van der Waals surface area contributed by atoms with Gasteiger partial charge in [0.25, 0.3) is 5.91 Å². The predicted molar refractivity (Wildman–Crippen MR) is 164 cm³/mol. The van der Waals surface area contributed by atoms with E-state index in [9.17, 15) is 19.5 Å². The van der Waals surface area contributed by atoms with E-state index in [-0.39, 0.29) is 41.6 Å². The Morgan fingerprint density at radius 3 is 2.12 bits per heavy atom. The third-order valence-electron chi connectivity index (χ3n) is 7.18. The smallest absolute Gasteiger partial charge is 0.337 e. The summed E-state index contributed by atoms with van der Waals surface area (Å²) in [6.07, 6.45) is 3.53. The highest BCUT2D eigenvalue weighted by Gasteiger charge is 2.24. The lowest BCUT2D eigenvalue weighted by Gasteiger charge is -2.29. The third kappa shape index (κ3) is 8.36. The fraction of sp³-hybridized carbons (Fsp3) is 0.206. The van der Waals surface area contributed by atoms with Crippen LogP contribution in [-0.4, -0.2) is 35.0 Å². The second-order valence-corrected chi connectivity index (χ2v) is 10.8. The average Bonchev–Trinajstić information content (AvgIpc) is 3.00. The summed E-state index contributed by atoms with van der Waals surface area (Å²) in [4.78, 5) is 36.3. The van der Waals surface area contributed by atoms with E-state index in [1.54, 1.807) is 66.7 Å². The van der Waals surface area contributed by atoms with Gasteiger partial charge < -0.3 is 25.2 Å². The zero-order valence-corrected chi connectivity index (χ0v) is 24.1. The first-order valence-electron chi connectivity index (χ1n) is 14.0. The van der Waals surface area contributed by atoms with Gasteiger partial charge in [-0.25, -0.2) is 4.79 Å². The molecule has 4 aromatic rings. The van der Waals surface area contributed by atoms with Crippen molar-refractivity contribution in [1.82, 2.24) is 5.32 Å². The molecule has 4 aromatic carbocycles. The van der Waals surface area contributed by atoms with Crippen molar-refractivity contribution < 1.29 is 29.0 Å². The molecule has 9 heteroatoms. The van der Waals surface area contributed by atoms with Crippen LogP contribution in [-0.2, 0) is 11.2 Å². The van der Waals surface area contributed by atoms with Crippen LogP contribution in [0.4, 0.5) is 5.69 Å². The van der Waals surface area contributed by atoms with E-state index in [1.807, 2.05) is 24.3 Å². The highest BCUT2D eigenvalue weighted by molar-refractivity contribution is 6.31. The van der Waals surface area contributed by atoms with E-state index >= 15 is 0 Å². The number of anilines is 1. The van der Waals surface area contributed by atoms with Gasteiger partial charge in [0.15, 0.2) is 0 Å². The number of carbonyl (C=O) groups excluding carboxylic acids is 2. The number of hydrogen-bond acceptors (Lipinski definition) is 5. The standard InChI is InChI=1S/C34H31ClN2O6/c35-24-5-3-4-23(21-24)33(39)36-25-10-14-27(15-11-25)43-29-18-16-28(17-19-29)42-26-12-8-22(9-13-26)20-32(38)37-31-7-2-1-6-30(31)34(40)41/h1-9,12-13,16-19,21,25,27H,10-11,14-15,20H2,(H,36,39)(H,37,38)(H,40,41). The van der Waals surface area contributed by atoms with E-state index in [0.717, 1.165) is 37.0 Å². The quantitative estimate of drug-likeness (QED) is 0.179. The Morgan fingerprint density at radius 2 is 1.44 bits per heavy atom. The molecule has 0 radical (unpaired) electrons. The summed E-state index contributed by atoms with van der Waals surface area (Å²) in [6.45, 7) is 0. The zero-order chi connectivity index (χ0) is 30.2. The number of rotatable bonds is 10. The molecule has 1 fully saturated rings. The number of hydrogen-bond donors (Lipinski definition) is 3. The molecular formula is C34H31ClN2O6. The molecule has 0 heterocycles. The van der Waals surface area contributed by atoms with Crippen LogP contribution in [0.15, 0.2) is 97.1 Å². The first kappa shape index (κ1) is 29.7. The Bertz CT molecular complexity index is 1580. The van der Waals surface area contributed by atoms with E-state index in [2.05, 4.69) is 10.6 Å². The van der Waals surface area contributed by atoms with Crippen molar-refractivity contribution in [3.8, 4) is 17.2 Å². The highest BCUT2D eigenvalue weighted by atomic mass is 35.5. The maximum absolute atomic E-state index is 12.5. The minimum Gasteiger partial charge on any atom is -0.490 e. The van der Waals surface area contributed by atoms with Gasteiger partial charge in [0.1, 0.15) is 17.2 Å². The van der Waals surface area contributed by atoms with Crippen molar-refractivity contribution in [2.24, 2.45) is 0 Å². The van der Waals surface area contributed by atoms with Gasteiger partial charge in [-0.15, -0.1) is 0 Å². The molecule has 1 saturated carbocycles. The molecule has 3 N–H and O–H groups in total. The van der Waals surface area contributed by atoms with Gasteiger partial charge in [-0.2, -0.15) is 0 Å². The number of carboxylic acids is 1. The second-order valence-electron chi connectivity index (χ2n) is 10.4. The van der Waals surface area contributed by atoms with E-state index in [4.69, 9.17) is 21.1 Å². The van der Waals surface area contributed by atoms with Gasteiger partial charge in [0, 0.05) is 16.6 Å². The van der Waals surface area contributed by atoms with Gasteiger partial charge in [-0.1, -0.05) is 41.9 Å². The number of nitrogens with one attached hydrogen (secondary N) is 2. The molecule has 220 valence electrons. The number of amides is 2. The first-order chi connectivity index (χ1) is 20.8. The number of carbonyl (C=O) groups is 3. The number of carboxylic acid groups (broad SMARTS) is 1. The van der Waals surface area contributed by atoms with Crippen molar-refractivity contribution in [2.75, 3.05) is 5.32 Å². The number of ether oxygens (including phenoxy) is 2. The summed E-state index contributed by atoms with van der Waals surface area (Å²) in [5.74, 6) is 0.500. The molecule has 43 heavy (non-hydrogen) atoms. The maximum Gasteiger partial charge on any atom is 0.337 e. The van der Waals surface area contributed by atoms with Gasteiger partial charge in [-0.05, 0) is 98.0 Å². The van der Waals surface area contributed by atoms with Crippen molar-refractivity contribution in [1.29, 1.82) is 0 Å². The molecule has 0 unspecified atom stereocenters. The van der Waals surface area contributed by atoms with Crippen LogP contribution in [0.2, 0.25) is 5.02 Å². The topological polar surface area (TPSA) is 114 Å². The lowest BCUT2D eigenvalue weighted by molar-refractivity contribution is -0.115. The molecule has 2 amide bonds. The second kappa shape index (κ2) is 13.9. The van der Waals surface area contributed by atoms with Crippen LogP contribution in [0.25, 0.3) is 0 Å². The van der Waals surface area contributed by atoms with Crippen molar-refractivity contribution in [3.63, 3.8) is 0 Å². The molecule has 0 saturated heterocycles. The molecular weight excluding hydrogens is 568 g/mol. The summed E-state index contributed by atoms with van der Waals surface area (Å²) >= 11 is 6.00. The molecule has 1 aliphatic rings. The number of aromatic carboxylic acids is 1. The summed E-state index contributed by atoms with van der Waals surface area (Å²) in [5, 5.41) is 15.6. The molecule has 8 nitrogen and oxygen atoms in total. The van der Waals surface area contributed by atoms with Crippen molar-refractivity contribution in [2.45, 2.75) is 44.2 Å². The monoisotopic (exact) mass is 598 g/mol. The van der Waals surface area contributed by atoms with Gasteiger partial charge >= 0.3 is 5.97 Å². The summed E-state index contributed by atoms with van der Waals surface area (Å²) in [5.41, 5.74) is 1.63. The highest BCUT2D eigenvalue weighted by Crippen LogP contribution is 2.28. The van der Waals surface area contributed by atoms with Crippen molar-refractivity contribution >= 4 is 35.1 Å². The number of para-hydroxylation sites is 1. The largest absolute Gasteiger partial charge is 0.490 e. The van der Waals surface area contributed by atoms with Crippen LogP contribution in [0.5, 0.6) is 17.2 Å². The van der Waals surface area contributed by atoms with Crippen LogP contribution in [0, 0.1) is 0 Å². The van der Waals surface area contributed by atoms with Gasteiger partial charge in [-0.3, -0.25) is 9.59 Å². The molecule has 0 spiro atoms. The average molecular weight is 599 g/mol. The summed E-state index contributed by atoms with van der Waals surface area (Å²) in [6, 6.07) is 27.9. The minimum absolute atomic E-state index is 0.0410. The molecule has 0 bridgehead atoms. The van der Waals surface area contributed by atoms with Crippen LogP contribution >= 0.6 is 11.6 Å². The molecule has 0 aliphatic heterocycles. The predicted octanol–water partition coefficient (Wildman–Crippen LogP) is 7.13. The van der Waals surface area contributed by atoms with Crippen LogP contribution < -0.4 is 20.1 Å². The SMILES string of the molecule is O=C(Cc1ccc(Oc2ccc(OC3CCC(NC(=O)c4cccc(Cl)c4)CC3)cc2)cc1)Nc1ccccc1C(=O)O. The minimum atomic E-state index is -1.10. The molecule has 0 atom stereocenters. The molecule has 0 aromatic heterocycles. The van der Waals surface area contributed by atoms with Crippen LogP contribution in [0.1, 0.15) is 52.0 Å². The van der Waals surface area contributed by atoms with E-state index < -0.39 is 5.97 Å². The fourth-order valence-electron chi connectivity index (χ4n) is 4.97. The van der Waals surface area contributed by atoms with E-state index in [0.29, 0.717) is 22.1 Å². The lowest BCUT2D eigenvalue weighted by atomic mass is 9.92. The van der Waals surface area contributed by atoms with Crippen LogP contribution in [0.3, 0.4) is 0 Å². The fourth-order valence-corrected chi connectivity index (χ4v) is 5.16. The summed E-state index contributed by atoms with van der Waals surface area (Å²) in [7, 11) is 0. The number of halogens is 1. The molecule has 5 rings (SSSR count). The Hall–Kier alpha value is -4.82.